The molecular formula is C12H20N4. The Bertz CT molecular complexity index is 333. The van der Waals surface area contributed by atoms with Crippen molar-refractivity contribution in [3.63, 3.8) is 0 Å². The van der Waals surface area contributed by atoms with E-state index in [9.17, 15) is 0 Å². The van der Waals surface area contributed by atoms with Crippen molar-refractivity contribution >= 4 is 5.95 Å². The normalized spacial score (nSPS) is 21.6. The highest BCUT2D eigenvalue weighted by Gasteiger charge is 2.19. The van der Waals surface area contributed by atoms with Gasteiger partial charge in [0.2, 0.25) is 5.95 Å². The van der Waals surface area contributed by atoms with E-state index < -0.39 is 0 Å². The first-order valence-corrected chi connectivity index (χ1v) is 5.92. The Labute approximate surface area is 97.1 Å². The second-order valence-electron chi connectivity index (χ2n) is 4.89. The molecule has 0 amide bonds. The van der Waals surface area contributed by atoms with E-state index in [1.165, 1.54) is 12.0 Å². The van der Waals surface area contributed by atoms with Gasteiger partial charge in [0.25, 0.3) is 0 Å². The van der Waals surface area contributed by atoms with Crippen molar-refractivity contribution in [2.75, 3.05) is 25.5 Å². The third-order valence-corrected chi connectivity index (χ3v) is 3.06. The number of hydrogen-bond donors (Lipinski definition) is 1. The maximum absolute atomic E-state index is 4.35. The van der Waals surface area contributed by atoms with Crippen LogP contribution in [-0.2, 0) is 0 Å². The quantitative estimate of drug-likeness (QED) is 0.842. The van der Waals surface area contributed by atoms with E-state index in [0.717, 1.165) is 19.0 Å². The van der Waals surface area contributed by atoms with Crippen LogP contribution in [0.25, 0.3) is 0 Å². The molecule has 0 radical (unpaired) electrons. The molecule has 2 rings (SSSR count). The van der Waals surface area contributed by atoms with E-state index >= 15 is 0 Å². The summed E-state index contributed by atoms with van der Waals surface area (Å²) in [5, 5.41) is 3.37. The molecule has 1 N–H and O–H groups in total. The molecule has 1 aliphatic heterocycles. The van der Waals surface area contributed by atoms with E-state index in [1.807, 2.05) is 12.4 Å². The van der Waals surface area contributed by atoms with Gasteiger partial charge in [0, 0.05) is 25.0 Å². The van der Waals surface area contributed by atoms with Gasteiger partial charge in [0.05, 0.1) is 0 Å². The van der Waals surface area contributed by atoms with Gasteiger partial charge < -0.3 is 10.2 Å². The van der Waals surface area contributed by atoms with Gasteiger partial charge in [0.1, 0.15) is 0 Å². The third kappa shape index (κ3) is 2.70. The second kappa shape index (κ2) is 4.78. The minimum atomic E-state index is 0.492. The zero-order valence-electron chi connectivity index (χ0n) is 10.3. The number of hydrogen-bond acceptors (Lipinski definition) is 4. The van der Waals surface area contributed by atoms with Crippen molar-refractivity contribution in [2.45, 2.75) is 32.2 Å². The monoisotopic (exact) mass is 220 g/mol. The van der Waals surface area contributed by atoms with Gasteiger partial charge in [-0.3, -0.25) is 0 Å². The fourth-order valence-electron chi connectivity index (χ4n) is 1.95. The van der Waals surface area contributed by atoms with Gasteiger partial charge in [-0.2, -0.15) is 0 Å². The molecule has 0 bridgehead atoms. The van der Waals surface area contributed by atoms with Gasteiger partial charge in [-0.05, 0) is 31.5 Å². The van der Waals surface area contributed by atoms with Crippen molar-refractivity contribution in [3.05, 3.63) is 18.0 Å². The molecule has 4 heteroatoms. The summed E-state index contributed by atoms with van der Waals surface area (Å²) in [5.74, 6) is 1.25. The molecule has 1 aromatic rings. The van der Waals surface area contributed by atoms with E-state index in [1.54, 1.807) is 0 Å². The minimum Gasteiger partial charge on any atom is -0.350 e. The summed E-state index contributed by atoms with van der Waals surface area (Å²) in [6.07, 6.45) is 5.00. The number of nitrogens with one attached hydrogen (secondary N) is 1. The Balaban J connectivity index is 1.95. The zero-order valence-corrected chi connectivity index (χ0v) is 10.3. The van der Waals surface area contributed by atoms with E-state index in [-0.39, 0.29) is 0 Å². The molecule has 0 unspecified atom stereocenters. The largest absolute Gasteiger partial charge is 0.350 e. The lowest BCUT2D eigenvalue weighted by molar-refractivity contribution is 0.414. The van der Waals surface area contributed by atoms with Crippen LogP contribution < -0.4 is 5.32 Å². The highest BCUT2D eigenvalue weighted by Crippen LogP contribution is 2.14. The average molecular weight is 220 g/mol. The third-order valence-electron chi connectivity index (χ3n) is 3.06. The number of likely N-dealkylation sites (tertiary alicyclic amines) is 1. The first-order chi connectivity index (χ1) is 7.65. The smallest absolute Gasteiger partial charge is 0.222 e. The fourth-order valence-corrected chi connectivity index (χ4v) is 1.95. The van der Waals surface area contributed by atoms with E-state index in [0.29, 0.717) is 12.0 Å². The van der Waals surface area contributed by atoms with Crippen LogP contribution in [0.3, 0.4) is 0 Å². The lowest BCUT2D eigenvalue weighted by atomic mass is 10.1. The molecular weight excluding hydrogens is 200 g/mol. The van der Waals surface area contributed by atoms with Crippen LogP contribution in [0.2, 0.25) is 0 Å². The summed E-state index contributed by atoms with van der Waals surface area (Å²) in [6.45, 7) is 6.53. The Morgan fingerprint density at radius 2 is 2.06 bits per heavy atom. The summed E-state index contributed by atoms with van der Waals surface area (Å²) in [7, 11) is 2.14. The Hall–Kier alpha value is -1.16. The summed E-state index contributed by atoms with van der Waals surface area (Å²) in [5.41, 5.74) is 1.19. The Morgan fingerprint density at radius 3 is 2.56 bits per heavy atom. The molecule has 2 heterocycles. The highest BCUT2D eigenvalue weighted by atomic mass is 15.2. The fraction of sp³-hybridized carbons (Fsp3) is 0.667. The second-order valence-corrected chi connectivity index (χ2v) is 4.89. The molecule has 4 nitrogen and oxygen atoms in total. The summed E-state index contributed by atoms with van der Waals surface area (Å²) < 4.78 is 0. The Kier molecular flexibility index (Phi) is 3.39. The molecule has 1 aromatic heterocycles. The lowest BCUT2D eigenvalue weighted by Gasteiger charge is -2.13. The van der Waals surface area contributed by atoms with Gasteiger partial charge in [0.15, 0.2) is 0 Å². The molecule has 1 aliphatic rings. The van der Waals surface area contributed by atoms with Gasteiger partial charge in [-0.15, -0.1) is 0 Å². The number of anilines is 1. The molecule has 1 fully saturated rings. The minimum absolute atomic E-state index is 0.492. The molecule has 0 saturated carbocycles. The Morgan fingerprint density at radius 1 is 1.38 bits per heavy atom. The maximum Gasteiger partial charge on any atom is 0.222 e. The molecule has 0 aliphatic carbocycles. The van der Waals surface area contributed by atoms with Gasteiger partial charge >= 0.3 is 0 Å². The van der Waals surface area contributed by atoms with Gasteiger partial charge in [-0.1, -0.05) is 13.8 Å². The number of rotatable bonds is 3. The van der Waals surface area contributed by atoms with Crippen LogP contribution in [-0.4, -0.2) is 41.0 Å². The maximum atomic E-state index is 4.35. The van der Waals surface area contributed by atoms with E-state index in [4.69, 9.17) is 0 Å². The molecule has 0 spiro atoms. The van der Waals surface area contributed by atoms with Crippen LogP contribution in [0.5, 0.6) is 0 Å². The lowest BCUT2D eigenvalue weighted by Crippen LogP contribution is -2.24. The van der Waals surface area contributed by atoms with Gasteiger partial charge in [-0.25, -0.2) is 9.97 Å². The van der Waals surface area contributed by atoms with Crippen LogP contribution >= 0.6 is 0 Å². The zero-order chi connectivity index (χ0) is 11.5. The molecule has 88 valence electrons. The summed E-state index contributed by atoms with van der Waals surface area (Å²) in [4.78, 5) is 11.0. The van der Waals surface area contributed by atoms with Crippen molar-refractivity contribution in [3.8, 4) is 0 Å². The molecule has 1 atom stereocenters. The highest BCUT2D eigenvalue weighted by molar-refractivity contribution is 5.27. The SMILES string of the molecule is CC(C)c1cnc(N[C@H]2CCN(C)C2)nc1. The number of nitrogens with zero attached hydrogens (tertiary/aromatic N) is 3. The summed E-state index contributed by atoms with van der Waals surface area (Å²) >= 11 is 0. The van der Waals surface area contributed by atoms with Crippen LogP contribution in [0.1, 0.15) is 31.7 Å². The van der Waals surface area contributed by atoms with Crippen molar-refractivity contribution in [1.82, 2.24) is 14.9 Å². The standard InChI is InChI=1S/C12H20N4/c1-9(2)10-6-13-12(14-7-10)15-11-4-5-16(3)8-11/h6-7,9,11H,4-5,8H2,1-3H3,(H,13,14,15)/t11-/m0/s1. The number of likely N-dealkylation sites (N-methyl/N-ethyl adjacent to an activating group) is 1. The van der Waals surface area contributed by atoms with Crippen molar-refractivity contribution in [1.29, 1.82) is 0 Å². The van der Waals surface area contributed by atoms with Crippen LogP contribution in [0.4, 0.5) is 5.95 Å². The van der Waals surface area contributed by atoms with Crippen LogP contribution in [0, 0.1) is 0 Å². The molecule has 1 saturated heterocycles. The van der Waals surface area contributed by atoms with E-state index in [2.05, 4.69) is 41.1 Å². The predicted molar refractivity (Wildman–Crippen MR) is 65.6 cm³/mol. The molecule has 0 aromatic carbocycles. The predicted octanol–water partition coefficient (Wildman–Crippen LogP) is 1.72. The topological polar surface area (TPSA) is 41.1 Å². The summed E-state index contributed by atoms with van der Waals surface area (Å²) in [6, 6.07) is 0.495. The van der Waals surface area contributed by atoms with Crippen molar-refractivity contribution < 1.29 is 0 Å². The number of aromatic nitrogens is 2. The first kappa shape index (κ1) is 11.3. The van der Waals surface area contributed by atoms with Crippen LogP contribution in [0.15, 0.2) is 12.4 Å². The van der Waals surface area contributed by atoms with Crippen molar-refractivity contribution in [2.24, 2.45) is 0 Å². The average Bonchev–Trinajstić information content (AvgIpc) is 2.65. The molecule has 16 heavy (non-hydrogen) atoms. The first-order valence-electron chi connectivity index (χ1n) is 5.92.